The molecule has 0 fully saturated rings. The molecule has 0 saturated carbocycles. The Morgan fingerprint density at radius 1 is 1.25 bits per heavy atom. The Bertz CT molecular complexity index is 735. The van der Waals surface area contributed by atoms with Gasteiger partial charge < -0.3 is 10.6 Å². The molecule has 2 rings (SSSR count). The Morgan fingerprint density at radius 2 is 2.00 bits per heavy atom. The zero-order valence-corrected chi connectivity index (χ0v) is 15.4. The third kappa shape index (κ3) is 5.08. The molecule has 0 aliphatic rings. The van der Waals surface area contributed by atoms with Gasteiger partial charge in [0.25, 0.3) is 5.91 Å². The van der Waals surface area contributed by atoms with Crippen molar-refractivity contribution in [3.8, 4) is 0 Å². The first kappa shape index (κ1) is 18.5. The molecule has 2 aromatic rings. The molecule has 2 N–H and O–H groups in total. The Hall–Kier alpha value is -1.85. The van der Waals surface area contributed by atoms with E-state index in [0.29, 0.717) is 45.5 Å². The molecule has 1 heterocycles. The van der Waals surface area contributed by atoms with Crippen LogP contribution in [0.1, 0.15) is 36.5 Å². The molecular weight excluding hydrogens is 347 g/mol. The second-order valence-corrected chi connectivity index (χ2v) is 6.67. The Balaban J connectivity index is 2.16. The van der Waals surface area contributed by atoms with E-state index in [9.17, 15) is 4.79 Å². The van der Waals surface area contributed by atoms with Crippen molar-refractivity contribution < 1.29 is 4.79 Å². The first-order valence-electron chi connectivity index (χ1n) is 7.71. The number of hydrogen-bond donors (Lipinski definition) is 2. The minimum Gasteiger partial charge on any atom is -0.351 e. The highest BCUT2D eigenvalue weighted by molar-refractivity contribution is 6.43. The molecule has 1 aromatic carbocycles. The highest BCUT2D eigenvalue weighted by Crippen LogP contribution is 2.30. The number of anilines is 2. The smallest absolute Gasteiger partial charge is 0.270 e. The molecule has 0 spiro atoms. The zero-order chi connectivity index (χ0) is 17.7. The van der Waals surface area contributed by atoms with Crippen LogP contribution < -0.4 is 10.6 Å². The zero-order valence-electron chi connectivity index (χ0n) is 13.9. The third-order valence-corrected chi connectivity index (χ3v) is 4.11. The van der Waals surface area contributed by atoms with Crippen LogP contribution in [0.4, 0.5) is 11.6 Å². The van der Waals surface area contributed by atoms with E-state index in [-0.39, 0.29) is 5.91 Å². The summed E-state index contributed by atoms with van der Waals surface area (Å²) in [6.07, 6.45) is 0.916. The first-order valence-corrected chi connectivity index (χ1v) is 8.47. The van der Waals surface area contributed by atoms with Gasteiger partial charge in [-0.25, -0.2) is 9.97 Å². The lowest BCUT2D eigenvalue weighted by Crippen LogP contribution is -2.26. The van der Waals surface area contributed by atoms with Crippen LogP contribution in [-0.2, 0) is 0 Å². The Labute approximate surface area is 151 Å². The van der Waals surface area contributed by atoms with Gasteiger partial charge in [-0.1, -0.05) is 43.1 Å². The van der Waals surface area contributed by atoms with Gasteiger partial charge >= 0.3 is 0 Å². The van der Waals surface area contributed by atoms with Crippen LogP contribution in [0.3, 0.4) is 0 Å². The standard InChI is InChI=1S/C17H20Cl2N4O/c1-10(2)7-8-20-16(24)14-9-11(3)21-17(23-14)22-13-6-4-5-12(18)15(13)19/h4-6,9-10H,7-8H2,1-3H3,(H,20,24)(H,21,22,23). The Kier molecular flexibility index (Phi) is 6.40. The molecule has 0 aliphatic heterocycles. The van der Waals surface area contributed by atoms with Gasteiger partial charge in [-0.15, -0.1) is 0 Å². The molecule has 0 aliphatic carbocycles. The normalized spacial score (nSPS) is 10.8. The fourth-order valence-electron chi connectivity index (χ4n) is 2.03. The molecule has 1 aromatic heterocycles. The van der Waals surface area contributed by atoms with Gasteiger partial charge in [-0.2, -0.15) is 0 Å². The number of rotatable bonds is 6. The average Bonchev–Trinajstić information content (AvgIpc) is 2.51. The summed E-state index contributed by atoms with van der Waals surface area (Å²) in [6, 6.07) is 6.88. The van der Waals surface area contributed by atoms with Gasteiger partial charge in [-0.05, 0) is 37.5 Å². The van der Waals surface area contributed by atoms with Crippen molar-refractivity contribution in [1.82, 2.24) is 15.3 Å². The minimum atomic E-state index is -0.221. The van der Waals surface area contributed by atoms with E-state index in [0.717, 1.165) is 6.42 Å². The lowest BCUT2D eigenvalue weighted by Gasteiger charge is -2.11. The largest absolute Gasteiger partial charge is 0.351 e. The van der Waals surface area contributed by atoms with Gasteiger partial charge in [0.1, 0.15) is 5.69 Å². The molecule has 7 heteroatoms. The van der Waals surface area contributed by atoms with E-state index in [4.69, 9.17) is 23.2 Å². The number of amides is 1. The summed E-state index contributed by atoms with van der Waals surface area (Å²) >= 11 is 12.2. The average molecular weight is 367 g/mol. The number of carbonyl (C=O) groups is 1. The van der Waals surface area contributed by atoms with Gasteiger partial charge in [0.15, 0.2) is 0 Å². The van der Waals surface area contributed by atoms with Gasteiger partial charge in [0.05, 0.1) is 15.7 Å². The highest BCUT2D eigenvalue weighted by atomic mass is 35.5. The summed E-state index contributed by atoms with van der Waals surface area (Å²) in [6.45, 7) is 6.63. The quantitative estimate of drug-likeness (QED) is 0.782. The van der Waals surface area contributed by atoms with Gasteiger partial charge in [0, 0.05) is 12.2 Å². The molecular formula is C17H20Cl2N4O. The van der Waals surface area contributed by atoms with Crippen LogP contribution in [0, 0.1) is 12.8 Å². The van der Waals surface area contributed by atoms with Crippen LogP contribution in [0.2, 0.25) is 10.0 Å². The van der Waals surface area contributed by atoms with Crippen molar-refractivity contribution in [3.05, 3.63) is 45.7 Å². The fourth-order valence-corrected chi connectivity index (χ4v) is 2.37. The molecule has 0 unspecified atom stereocenters. The molecule has 0 bridgehead atoms. The van der Waals surface area contributed by atoms with Crippen molar-refractivity contribution in [2.24, 2.45) is 5.92 Å². The highest BCUT2D eigenvalue weighted by Gasteiger charge is 2.12. The summed E-state index contributed by atoms with van der Waals surface area (Å²) in [5.74, 6) is 0.606. The van der Waals surface area contributed by atoms with E-state index in [1.165, 1.54) is 0 Å². The number of halogens is 2. The summed E-state index contributed by atoms with van der Waals surface area (Å²) in [5, 5.41) is 6.68. The fraction of sp³-hybridized carbons (Fsp3) is 0.353. The number of hydrogen-bond acceptors (Lipinski definition) is 4. The van der Waals surface area contributed by atoms with E-state index in [2.05, 4.69) is 34.4 Å². The van der Waals surface area contributed by atoms with Crippen LogP contribution in [0.5, 0.6) is 0 Å². The van der Waals surface area contributed by atoms with Gasteiger partial charge in [-0.3, -0.25) is 4.79 Å². The number of aromatic nitrogens is 2. The van der Waals surface area contributed by atoms with Crippen molar-refractivity contribution >= 4 is 40.7 Å². The number of nitrogens with zero attached hydrogens (tertiary/aromatic N) is 2. The lowest BCUT2D eigenvalue weighted by molar-refractivity contribution is 0.0947. The number of carbonyl (C=O) groups excluding carboxylic acids is 1. The molecule has 1 amide bonds. The van der Waals surface area contributed by atoms with Crippen LogP contribution >= 0.6 is 23.2 Å². The molecule has 0 saturated heterocycles. The topological polar surface area (TPSA) is 66.9 Å². The predicted octanol–water partition coefficient (Wildman–Crippen LogP) is 4.61. The monoisotopic (exact) mass is 366 g/mol. The summed E-state index contributed by atoms with van der Waals surface area (Å²) < 4.78 is 0. The van der Waals surface area contributed by atoms with Crippen LogP contribution in [0.15, 0.2) is 24.3 Å². The van der Waals surface area contributed by atoms with Crippen LogP contribution in [0.25, 0.3) is 0 Å². The lowest BCUT2D eigenvalue weighted by atomic mass is 10.1. The molecule has 128 valence electrons. The van der Waals surface area contributed by atoms with E-state index >= 15 is 0 Å². The predicted molar refractivity (Wildman–Crippen MR) is 98.3 cm³/mol. The second-order valence-electron chi connectivity index (χ2n) is 5.88. The van der Waals surface area contributed by atoms with E-state index in [1.54, 1.807) is 31.2 Å². The van der Waals surface area contributed by atoms with Gasteiger partial charge in [0.2, 0.25) is 5.95 Å². The van der Waals surface area contributed by atoms with E-state index < -0.39 is 0 Å². The third-order valence-electron chi connectivity index (χ3n) is 3.29. The summed E-state index contributed by atoms with van der Waals surface area (Å²) in [4.78, 5) is 20.8. The van der Waals surface area contributed by atoms with E-state index in [1.807, 2.05) is 0 Å². The number of benzene rings is 1. The van der Waals surface area contributed by atoms with Crippen molar-refractivity contribution in [2.45, 2.75) is 27.2 Å². The number of aryl methyl sites for hydroxylation is 1. The molecule has 0 atom stereocenters. The SMILES string of the molecule is Cc1cc(C(=O)NCCC(C)C)nc(Nc2cccc(Cl)c2Cl)n1. The number of nitrogens with one attached hydrogen (secondary N) is 2. The molecule has 5 nitrogen and oxygen atoms in total. The molecule has 0 radical (unpaired) electrons. The first-order chi connectivity index (χ1) is 11.4. The molecule has 24 heavy (non-hydrogen) atoms. The second kappa shape index (κ2) is 8.31. The maximum atomic E-state index is 12.2. The Morgan fingerprint density at radius 3 is 2.71 bits per heavy atom. The maximum absolute atomic E-state index is 12.2. The van der Waals surface area contributed by atoms with Crippen molar-refractivity contribution in [3.63, 3.8) is 0 Å². The van der Waals surface area contributed by atoms with Crippen LogP contribution in [-0.4, -0.2) is 22.4 Å². The maximum Gasteiger partial charge on any atom is 0.270 e. The van der Waals surface area contributed by atoms with Crippen molar-refractivity contribution in [2.75, 3.05) is 11.9 Å². The summed E-state index contributed by atoms with van der Waals surface area (Å²) in [5.41, 5.74) is 1.58. The minimum absolute atomic E-state index is 0.221. The van der Waals surface area contributed by atoms with Crippen molar-refractivity contribution in [1.29, 1.82) is 0 Å². The summed E-state index contributed by atoms with van der Waals surface area (Å²) in [7, 11) is 0.